The molecule has 4 nitrogen and oxygen atoms in total. The van der Waals surface area contributed by atoms with Gasteiger partial charge in [0.05, 0.1) is 16.3 Å². The number of aromatic nitrogens is 2. The minimum absolute atomic E-state index is 0.444. The molecule has 1 unspecified atom stereocenters. The maximum atomic E-state index is 10.2. The summed E-state index contributed by atoms with van der Waals surface area (Å²) in [4.78, 5) is 7.71. The highest BCUT2D eigenvalue weighted by Gasteiger charge is 2.18. The van der Waals surface area contributed by atoms with Gasteiger partial charge in [-0.05, 0) is 41.3 Å². The molecule has 2 aromatic rings. The van der Waals surface area contributed by atoms with Gasteiger partial charge in [-0.1, -0.05) is 32.6 Å². The van der Waals surface area contributed by atoms with E-state index in [9.17, 15) is 5.11 Å². The van der Waals surface area contributed by atoms with Gasteiger partial charge in [-0.15, -0.1) is 0 Å². The van der Waals surface area contributed by atoms with Crippen LogP contribution in [0.2, 0.25) is 0 Å². The Bertz CT molecular complexity index is 634. The molecule has 0 saturated heterocycles. The summed E-state index contributed by atoms with van der Waals surface area (Å²) in [6.45, 7) is 2.08. The number of nitrogens with zero attached hydrogens (tertiary/aromatic N) is 1. The van der Waals surface area contributed by atoms with Gasteiger partial charge in [0.25, 0.3) is 0 Å². The van der Waals surface area contributed by atoms with Crippen LogP contribution in [0.5, 0.6) is 0 Å². The van der Waals surface area contributed by atoms with Crippen molar-refractivity contribution in [3.8, 4) is 0 Å². The average Bonchev–Trinajstić information content (AvgIpc) is 2.96. The third-order valence-electron chi connectivity index (χ3n) is 4.51. The Hall–Kier alpha value is -1.07. The molecule has 1 fully saturated rings. The number of halogens is 1. The highest BCUT2D eigenvalue weighted by Crippen LogP contribution is 2.34. The number of hydrogen-bond donors (Lipinski definition) is 3. The van der Waals surface area contributed by atoms with E-state index in [0.717, 1.165) is 39.7 Å². The Morgan fingerprint density at radius 2 is 2.18 bits per heavy atom. The van der Waals surface area contributed by atoms with E-state index in [0.29, 0.717) is 6.04 Å². The van der Waals surface area contributed by atoms with Crippen LogP contribution in [-0.2, 0) is 0 Å². The quantitative estimate of drug-likeness (QED) is 0.705. The molecule has 0 aliphatic heterocycles. The molecule has 0 aromatic carbocycles. The molecule has 0 radical (unpaired) electrons. The van der Waals surface area contributed by atoms with Gasteiger partial charge in [-0.25, -0.2) is 4.98 Å². The molecule has 2 heterocycles. The van der Waals surface area contributed by atoms with Crippen LogP contribution in [0.25, 0.3) is 11.0 Å². The fraction of sp³-hybridized carbons (Fsp3) is 0.588. The molecule has 1 aliphatic carbocycles. The number of fused-ring (bicyclic) bond motifs is 1. The van der Waals surface area contributed by atoms with Crippen LogP contribution >= 0.6 is 15.9 Å². The number of anilines is 1. The third kappa shape index (κ3) is 3.30. The van der Waals surface area contributed by atoms with Crippen molar-refractivity contribution in [3.63, 3.8) is 0 Å². The van der Waals surface area contributed by atoms with Crippen molar-refractivity contribution >= 4 is 32.7 Å². The van der Waals surface area contributed by atoms with Gasteiger partial charge in [0.1, 0.15) is 5.65 Å². The normalized spacial score (nSPS) is 17.8. The van der Waals surface area contributed by atoms with E-state index in [1.807, 2.05) is 12.3 Å². The van der Waals surface area contributed by atoms with E-state index in [1.165, 1.54) is 32.1 Å². The molecule has 0 spiro atoms. The first-order chi connectivity index (χ1) is 10.7. The monoisotopic (exact) mass is 365 g/mol. The summed E-state index contributed by atoms with van der Waals surface area (Å²) in [5.41, 5.74) is 2.80. The zero-order valence-electron chi connectivity index (χ0n) is 13.0. The van der Waals surface area contributed by atoms with Crippen LogP contribution in [0.4, 0.5) is 5.69 Å². The minimum atomic E-state index is -0.444. The number of aromatic amines is 1. The van der Waals surface area contributed by atoms with Crippen molar-refractivity contribution < 1.29 is 5.11 Å². The van der Waals surface area contributed by atoms with Crippen LogP contribution in [0, 0.1) is 0 Å². The first-order valence-corrected chi connectivity index (χ1v) is 9.10. The second kappa shape index (κ2) is 7.01. The summed E-state index contributed by atoms with van der Waals surface area (Å²) in [5.74, 6) is 0. The highest BCUT2D eigenvalue weighted by molar-refractivity contribution is 9.10. The van der Waals surface area contributed by atoms with Gasteiger partial charge >= 0.3 is 0 Å². The number of pyridine rings is 1. The van der Waals surface area contributed by atoms with E-state index in [4.69, 9.17) is 0 Å². The Balaban J connectivity index is 1.91. The highest BCUT2D eigenvalue weighted by atomic mass is 79.9. The molecule has 1 aliphatic rings. The maximum Gasteiger partial charge on any atom is 0.139 e. The number of rotatable bonds is 5. The van der Waals surface area contributed by atoms with Crippen molar-refractivity contribution in [2.75, 3.05) is 5.32 Å². The van der Waals surface area contributed by atoms with Crippen LogP contribution in [-0.4, -0.2) is 21.1 Å². The van der Waals surface area contributed by atoms with Crippen molar-refractivity contribution in [2.45, 2.75) is 64.0 Å². The Kier molecular flexibility index (Phi) is 5.03. The SMILES string of the molecule is CCCC(O)c1cc2c(NC3CCCCC3)c(Br)cnc2[nH]1. The molecule has 0 bridgehead atoms. The lowest BCUT2D eigenvalue weighted by Crippen LogP contribution is -2.22. The van der Waals surface area contributed by atoms with Gasteiger partial charge in [0.2, 0.25) is 0 Å². The number of aliphatic hydroxyl groups is 1. The van der Waals surface area contributed by atoms with Crippen LogP contribution in [0.3, 0.4) is 0 Å². The average molecular weight is 366 g/mol. The number of aliphatic hydroxyl groups excluding tert-OH is 1. The van der Waals surface area contributed by atoms with Gasteiger partial charge in [-0.3, -0.25) is 0 Å². The second-order valence-corrected chi connectivity index (χ2v) is 7.11. The summed E-state index contributed by atoms with van der Waals surface area (Å²) < 4.78 is 0.987. The smallest absolute Gasteiger partial charge is 0.139 e. The van der Waals surface area contributed by atoms with E-state index in [2.05, 4.69) is 38.1 Å². The lowest BCUT2D eigenvalue weighted by molar-refractivity contribution is 0.162. The number of hydrogen-bond acceptors (Lipinski definition) is 3. The van der Waals surface area contributed by atoms with Crippen molar-refractivity contribution in [3.05, 3.63) is 22.4 Å². The number of H-pyrrole nitrogens is 1. The van der Waals surface area contributed by atoms with Crippen molar-refractivity contribution in [2.24, 2.45) is 0 Å². The predicted molar refractivity (Wildman–Crippen MR) is 94.2 cm³/mol. The van der Waals surface area contributed by atoms with Gasteiger partial charge in [-0.2, -0.15) is 0 Å². The molecule has 3 N–H and O–H groups in total. The summed E-state index contributed by atoms with van der Waals surface area (Å²) in [7, 11) is 0. The van der Waals surface area contributed by atoms with Crippen LogP contribution in [0.15, 0.2) is 16.7 Å². The second-order valence-electron chi connectivity index (χ2n) is 6.25. The fourth-order valence-corrected chi connectivity index (χ4v) is 3.71. The molecule has 0 amide bonds. The zero-order valence-corrected chi connectivity index (χ0v) is 14.6. The minimum Gasteiger partial charge on any atom is -0.387 e. The van der Waals surface area contributed by atoms with Crippen LogP contribution < -0.4 is 5.32 Å². The Morgan fingerprint density at radius 3 is 2.91 bits per heavy atom. The molecule has 3 rings (SSSR count). The number of nitrogens with one attached hydrogen (secondary N) is 2. The van der Waals surface area contributed by atoms with Crippen molar-refractivity contribution in [1.29, 1.82) is 0 Å². The van der Waals surface area contributed by atoms with Gasteiger partial charge in [0, 0.05) is 23.3 Å². The standard InChI is InChI=1S/C17H24BrN3O/c1-2-6-15(22)14-9-12-16(13(18)10-19-17(12)21-14)20-11-7-4-3-5-8-11/h9-11,15,22H,2-8H2,1H3,(H2,19,20,21). The molecular formula is C17H24BrN3O. The molecule has 5 heteroatoms. The molecule has 120 valence electrons. The lowest BCUT2D eigenvalue weighted by Gasteiger charge is -2.24. The van der Waals surface area contributed by atoms with Crippen molar-refractivity contribution in [1.82, 2.24) is 9.97 Å². The van der Waals surface area contributed by atoms with E-state index >= 15 is 0 Å². The van der Waals surface area contributed by atoms with E-state index in [-0.39, 0.29) is 0 Å². The summed E-state index contributed by atoms with van der Waals surface area (Å²) in [6, 6.07) is 2.58. The summed E-state index contributed by atoms with van der Waals surface area (Å²) in [5, 5.41) is 15.0. The van der Waals surface area contributed by atoms with E-state index in [1.54, 1.807) is 0 Å². The van der Waals surface area contributed by atoms with E-state index < -0.39 is 6.10 Å². The molecule has 1 atom stereocenters. The molecule has 1 saturated carbocycles. The zero-order chi connectivity index (χ0) is 15.5. The fourth-order valence-electron chi connectivity index (χ4n) is 3.28. The Morgan fingerprint density at radius 1 is 1.41 bits per heavy atom. The molecule has 2 aromatic heterocycles. The first kappa shape index (κ1) is 15.8. The third-order valence-corrected chi connectivity index (χ3v) is 5.11. The topological polar surface area (TPSA) is 60.9 Å². The largest absolute Gasteiger partial charge is 0.387 e. The maximum absolute atomic E-state index is 10.2. The lowest BCUT2D eigenvalue weighted by atomic mass is 9.95. The van der Waals surface area contributed by atoms with Crippen LogP contribution in [0.1, 0.15) is 63.7 Å². The van der Waals surface area contributed by atoms with Gasteiger partial charge in [0.15, 0.2) is 0 Å². The molecular weight excluding hydrogens is 342 g/mol. The van der Waals surface area contributed by atoms with Gasteiger partial charge < -0.3 is 15.4 Å². The predicted octanol–water partition coefficient (Wildman–Crippen LogP) is 4.90. The summed E-state index contributed by atoms with van der Waals surface area (Å²) >= 11 is 3.62. The Labute approximate surface area is 139 Å². The molecule has 22 heavy (non-hydrogen) atoms. The summed E-state index contributed by atoms with van der Waals surface area (Å²) in [6.07, 6.45) is 9.52. The first-order valence-electron chi connectivity index (χ1n) is 8.30.